The maximum atomic E-state index is 2.69. The van der Waals surface area contributed by atoms with Crippen LogP contribution >= 0.6 is 0 Å². The van der Waals surface area contributed by atoms with Crippen LogP contribution in [0.1, 0.15) is 58.2 Å². The van der Waals surface area contributed by atoms with Gasteiger partial charge in [-0.1, -0.05) is 181 Å². The van der Waals surface area contributed by atoms with Gasteiger partial charge < -0.3 is 18.8 Å². The first kappa shape index (κ1) is 43.0. The zero-order chi connectivity index (χ0) is 50.4. The largest absolute Gasteiger partial charge is 0.375 e. The molecule has 0 aliphatic carbocycles. The van der Waals surface area contributed by atoms with E-state index >= 15 is 0 Å². The number of para-hydroxylation sites is 3. The van der Waals surface area contributed by atoms with Crippen LogP contribution in [-0.4, -0.2) is 22.7 Å². The van der Waals surface area contributed by atoms with Crippen LogP contribution in [-0.2, 0) is 10.8 Å². The summed E-state index contributed by atoms with van der Waals surface area (Å²) < 4.78 is 5.35. The standard InChI is InChI=1S/C69H54B2N4/c1-41-28-37-57-54(38-41)52-23-11-21-50-48-19-14-27-60-64(48)70(74(57)66(50)52)55-35-31-44(69(5,6)7)40-62(55)73(60)46-33-29-42(30-34-46)47-18-13-25-58-63(47)53-24-12-22-51-49-20-15-26-59-65(49)71(75(58)67(51)53)56-36-32-43(68(2,3)4)39-61(56)72(59)45-16-9-8-10-17-45/h8-40H,1-7H3. The highest BCUT2D eigenvalue weighted by Crippen LogP contribution is 2.50. The normalized spacial score (nSPS) is 14.0. The fourth-order valence-corrected chi connectivity index (χ4v) is 14.0. The highest BCUT2D eigenvalue weighted by atomic mass is 15.2. The number of benzene rings is 10. The van der Waals surface area contributed by atoms with Crippen molar-refractivity contribution in [3.63, 3.8) is 0 Å². The molecule has 75 heavy (non-hydrogen) atoms. The quantitative estimate of drug-likeness (QED) is 0.164. The Morgan fingerprint density at radius 1 is 0.360 bits per heavy atom. The summed E-state index contributed by atoms with van der Waals surface area (Å²) in [6, 6.07) is 76.9. The maximum Gasteiger partial charge on any atom is 0.333 e. The lowest BCUT2D eigenvalue weighted by Gasteiger charge is -2.41. The zero-order valence-corrected chi connectivity index (χ0v) is 43.5. The van der Waals surface area contributed by atoms with E-state index in [0.29, 0.717) is 0 Å². The molecule has 12 aromatic rings. The molecule has 6 heteroatoms. The van der Waals surface area contributed by atoms with Gasteiger partial charge in [-0.3, -0.25) is 0 Å². The molecule has 356 valence electrons. The van der Waals surface area contributed by atoms with Gasteiger partial charge in [-0.05, 0) is 140 Å². The fourth-order valence-electron chi connectivity index (χ4n) is 14.0. The third kappa shape index (κ3) is 5.75. The van der Waals surface area contributed by atoms with E-state index in [1.54, 1.807) is 0 Å². The molecular formula is C69H54B2N4. The van der Waals surface area contributed by atoms with Crippen molar-refractivity contribution in [3.8, 4) is 33.4 Å². The molecular weight excluding hydrogens is 906 g/mol. The summed E-state index contributed by atoms with van der Waals surface area (Å²) >= 11 is 0. The molecule has 0 amide bonds. The third-order valence-corrected chi connectivity index (χ3v) is 17.4. The molecule has 4 nitrogen and oxygen atoms in total. The van der Waals surface area contributed by atoms with Crippen LogP contribution in [0.25, 0.3) is 77.0 Å². The van der Waals surface area contributed by atoms with E-state index in [2.05, 4.69) is 267 Å². The molecule has 0 fully saturated rings. The number of hydrogen-bond donors (Lipinski definition) is 0. The van der Waals surface area contributed by atoms with E-state index in [1.807, 2.05) is 0 Å². The summed E-state index contributed by atoms with van der Waals surface area (Å²) in [5.41, 5.74) is 29.4. The molecule has 0 saturated carbocycles. The van der Waals surface area contributed by atoms with Crippen molar-refractivity contribution in [1.29, 1.82) is 0 Å². The molecule has 4 aliphatic rings. The van der Waals surface area contributed by atoms with E-state index in [1.165, 1.54) is 144 Å². The Morgan fingerprint density at radius 3 is 1.47 bits per heavy atom. The van der Waals surface area contributed by atoms with Crippen LogP contribution in [0.15, 0.2) is 200 Å². The van der Waals surface area contributed by atoms with Crippen LogP contribution in [0.2, 0.25) is 0 Å². The van der Waals surface area contributed by atoms with Crippen molar-refractivity contribution in [2.24, 2.45) is 0 Å². The number of anilines is 6. The fraction of sp³-hybridized carbons (Fsp3) is 0.130. The second-order valence-corrected chi connectivity index (χ2v) is 23.7. The Labute approximate surface area is 439 Å². The van der Waals surface area contributed by atoms with E-state index in [0.717, 1.165) is 5.69 Å². The van der Waals surface area contributed by atoms with Gasteiger partial charge in [0.2, 0.25) is 0 Å². The van der Waals surface area contributed by atoms with Gasteiger partial charge in [0.1, 0.15) is 0 Å². The smallest absolute Gasteiger partial charge is 0.333 e. The van der Waals surface area contributed by atoms with Crippen molar-refractivity contribution in [3.05, 3.63) is 217 Å². The third-order valence-electron chi connectivity index (χ3n) is 17.4. The molecule has 10 aromatic carbocycles. The molecule has 0 unspecified atom stereocenters. The van der Waals surface area contributed by atoms with Crippen LogP contribution < -0.4 is 31.7 Å². The summed E-state index contributed by atoms with van der Waals surface area (Å²) in [5, 5.41) is 5.24. The van der Waals surface area contributed by atoms with E-state index in [4.69, 9.17) is 0 Å². The first-order valence-corrected chi connectivity index (χ1v) is 26.8. The van der Waals surface area contributed by atoms with Gasteiger partial charge >= 0.3 is 13.7 Å². The highest BCUT2D eigenvalue weighted by Gasteiger charge is 2.45. The molecule has 16 rings (SSSR count). The van der Waals surface area contributed by atoms with Crippen molar-refractivity contribution in [2.75, 3.05) is 9.80 Å². The molecule has 0 atom stereocenters. The lowest BCUT2D eigenvalue weighted by atomic mass is 9.45. The molecule has 0 saturated heterocycles. The molecule has 2 aromatic heterocycles. The highest BCUT2D eigenvalue weighted by molar-refractivity contribution is 6.91. The van der Waals surface area contributed by atoms with E-state index in [-0.39, 0.29) is 24.5 Å². The summed E-state index contributed by atoms with van der Waals surface area (Å²) in [7, 11) is 0. The van der Waals surface area contributed by atoms with Crippen LogP contribution in [0.4, 0.5) is 34.1 Å². The SMILES string of the molecule is Cc1ccc2c(c1)c1cccc3c1n2B1c2ccc(C(C)(C)C)cc2N(c2ccc(-c4cccc5c4c4cccc6c4n5B4c5ccc(C(C)(C)C)cc5N(c5ccccc5)c5cccc-6c54)cc2)c2cccc-3c21. The Morgan fingerprint density at radius 2 is 0.867 bits per heavy atom. The average Bonchev–Trinajstić information content (AvgIpc) is 3.96. The first-order chi connectivity index (χ1) is 36.4. The lowest BCUT2D eigenvalue weighted by Crippen LogP contribution is -2.56. The molecule has 0 N–H and O–H groups in total. The predicted octanol–water partition coefficient (Wildman–Crippen LogP) is 15.3. The van der Waals surface area contributed by atoms with Crippen molar-refractivity contribution < 1.29 is 0 Å². The summed E-state index contributed by atoms with van der Waals surface area (Å²) in [4.78, 5) is 5.08. The predicted molar refractivity (Wildman–Crippen MR) is 321 cm³/mol. The van der Waals surface area contributed by atoms with Crippen LogP contribution in [0.5, 0.6) is 0 Å². The molecule has 0 radical (unpaired) electrons. The lowest BCUT2D eigenvalue weighted by molar-refractivity contribution is 0.590. The summed E-state index contributed by atoms with van der Waals surface area (Å²) in [5.74, 6) is 0. The number of aryl methyl sites for hydroxylation is 1. The minimum Gasteiger partial charge on any atom is -0.375 e. The Balaban J connectivity index is 0.885. The number of rotatable bonds is 3. The monoisotopic (exact) mass is 960 g/mol. The average molecular weight is 961 g/mol. The molecule has 0 bridgehead atoms. The number of hydrogen-bond acceptors (Lipinski definition) is 2. The van der Waals surface area contributed by atoms with E-state index < -0.39 is 0 Å². The van der Waals surface area contributed by atoms with Gasteiger partial charge in [0.05, 0.1) is 0 Å². The van der Waals surface area contributed by atoms with Gasteiger partial charge in [0.15, 0.2) is 0 Å². The van der Waals surface area contributed by atoms with Crippen LogP contribution in [0.3, 0.4) is 0 Å². The summed E-state index contributed by atoms with van der Waals surface area (Å²) in [6.07, 6.45) is 0. The Bertz CT molecular complexity index is 4470. The van der Waals surface area contributed by atoms with Crippen molar-refractivity contribution in [2.45, 2.75) is 59.3 Å². The van der Waals surface area contributed by atoms with Gasteiger partial charge in [-0.2, -0.15) is 0 Å². The molecule has 0 spiro atoms. The topological polar surface area (TPSA) is 16.3 Å². The summed E-state index contributed by atoms with van der Waals surface area (Å²) in [6.45, 7) is 16.2. The van der Waals surface area contributed by atoms with Crippen molar-refractivity contribution in [1.82, 2.24) is 8.96 Å². The minimum absolute atomic E-state index is 0.0111. The number of fused-ring (bicyclic) bond motifs is 14. The van der Waals surface area contributed by atoms with Gasteiger partial charge in [-0.25, -0.2) is 0 Å². The van der Waals surface area contributed by atoms with Gasteiger partial charge in [0, 0.05) is 88.9 Å². The second-order valence-electron chi connectivity index (χ2n) is 23.7. The van der Waals surface area contributed by atoms with Gasteiger partial charge in [0.25, 0.3) is 0 Å². The maximum absolute atomic E-state index is 2.69. The number of nitrogens with zero attached hydrogens (tertiary/aromatic N) is 4. The van der Waals surface area contributed by atoms with Crippen LogP contribution in [0, 0.1) is 6.92 Å². The molecule has 4 aliphatic heterocycles. The van der Waals surface area contributed by atoms with Crippen molar-refractivity contribution >= 4 is 113 Å². The molecule has 6 heterocycles. The minimum atomic E-state index is -0.0325. The number of aromatic nitrogens is 2. The van der Waals surface area contributed by atoms with Gasteiger partial charge in [-0.15, -0.1) is 0 Å². The first-order valence-electron chi connectivity index (χ1n) is 26.8. The zero-order valence-electron chi connectivity index (χ0n) is 43.5. The Hall–Kier alpha value is -8.47. The Kier molecular flexibility index (Phi) is 8.51. The van der Waals surface area contributed by atoms with E-state index in [9.17, 15) is 0 Å². The second kappa shape index (κ2) is 14.9.